The Morgan fingerprint density at radius 3 is 2.56 bits per heavy atom. The Morgan fingerprint density at radius 2 is 1.88 bits per heavy atom. The monoisotopic (exact) mass is 339 g/mol. The van der Waals surface area contributed by atoms with Crippen LogP contribution in [-0.2, 0) is 13.0 Å². The first-order valence-electron chi connectivity index (χ1n) is 7.70. The molecule has 0 saturated carbocycles. The summed E-state index contributed by atoms with van der Waals surface area (Å²) in [7, 11) is 0. The number of rotatable bonds is 7. The molecule has 8 heteroatoms. The molecule has 0 aliphatic rings. The Hall–Kier alpha value is -3.26. The fourth-order valence-corrected chi connectivity index (χ4v) is 2.32. The third-order valence-corrected chi connectivity index (χ3v) is 3.60. The van der Waals surface area contributed by atoms with Gasteiger partial charge >= 0.3 is 0 Å². The largest absolute Gasteiger partial charge is 0.486 e. The Labute approximate surface area is 143 Å². The highest BCUT2D eigenvalue weighted by molar-refractivity contribution is 5.36. The second kappa shape index (κ2) is 7.54. The summed E-state index contributed by atoms with van der Waals surface area (Å²) in [6.07, 6.45) is 0.640. The lowest BCUT2D eigenvalue weighted by molar-refractivity contribution is -0.384. The molecular formula is C17H17N5O3. The van der Waals surface area contributed by atoms with Crippen molar-refractivity contribution in [3.8, 4) is 5.75 Å². The van der Waals surface area contributed by atoms with Crippen LogP contribution in [0.5, 0.6) is 5.75 Å². The average molecular weight is 339 g/mol. The Kier molecular flexibility index (Phi) is 5.00. The van der Waals surface area contributed by atoms with Crippen LogP contribution in [0.4, 0.5) is 5.69 Å². The smallest absolute Gasteiger partial charge is 0.269 e. The zero-order valence-corrected chi connectivity index (χ0v) is 13.3. The van der Waals surface area contributed by atoms with Gasteiger partial charge in [-0.05, 0) is 24.1 Å². The molecule has 0 spiro atoms. The number of aromatic nitrogens is 3. The number of aromatic amines is 1. The molecule has 0 fully saturated rings. The van der Waals surface area contributed by atoms with Crippen LogP contribution in [0.25, 0.3) is 0 Å². The van der Waals surface area contributed by atoms with E-state index in [9.17, 15) is 10.1 Å². The highest BCUT2D eigenvalue weighted by atomic mass is 16.6. The van der Waals surface area contributed by atoms with Crippen molar-refractivity contribution in [2.75, 3.05) is 0 Å². The molecule has 3 rings (SSSR count). The fraction of sp³-hybridized carbons (Fsp3) is 0.176. The summed E-state index contributed by atoms with van der Waals surface area (Å²) in [6.45, 7) is 0.170. The van der Waals surface area contributed by atoms with Crippen molar-refractivity contribution in [3.05, 3.63) is 81.9 Å². The first-order valence-corrected chi connectivity index (χ1v) is 7.70. The second-order valence-corrected chi connectivity index (χ2v) is 5.48. The summed E-state index contributed by atoms with van der Waals surface area (Å²) >= 11 is 0. The third kappa shape index (κ3) is 4.39. The van der Waals surface area contributed by atoms with Crippen LogP contribution in [0.3, 0.4) is 0 Å². The molecule has 0 bridgehead atoms. The molecule has 0 saturated heterocycles. The number of nitro groups is 1. The van der Waals surface area contributed by atoms with Crippen LogP contribution in [-0.4, -0.2) is 20.1 Å². The number of benzene rings is 2. The highest BCUT2D eigenvalue weighted by Crippen LogP contribution is 2.18. The molecule has 25 heavy (non-hydrogen) atoms. The van der Waals surface area contributed by atoms with E-state index in [2.05, 4.69) is 15.2 Å². The number of nitro benzene ring substituents is 1. The van der Waals surface area contributed by atoms with E-state index in [1.807, 2.05) is 30.3 Å². The maximum atomic E-state index is 10.6. The molecule has 0 amide bonds. The molecule has 0 aliphatic heterocycles. The molecule has 1 atom stereocenters. The zero-order valence-electron chi connectivity index (χ0n) is 13.3. The van der Waals surface area contributed by atoms with Gasteiger partial charge in [-0.15, -0.1) is 0 Å². The summed E-state index contributed by atoms with van der Waals surface area (Å²) < 4.78 is 5.54. The Balaban J connectivity index is 1.57. The molecule has 3 N–H and O–H groups in total. The number of nitrogens with one attached hydrogen (secondary N) is 1. The minimum absolute atomic E-state index is 0.0150. The molecule has 1 unspecified atom stereocenters. The van der Waals surface area contributed by atoms with Gasteiger partial charge in [-0.2, -0.15) is 5.10 Å². The van der Waals surface area contributed by atoms with Crippen LogP contribution >= 0.6 is 0 Å². The third-order valence-electron chi connectivity index (χ3n) is 3.60. The van der Waals surface area contributed by atoms with Crippen molar-refractivity contribution in [3.63, 3.8) is 0 Å². The van der Waals surface area contributed by atoms with E-state index in [1.165, 1.54) is 24.3 Å². The van der Waals surface area contributed by atoms with Crippen molar-refractivity contribution in [2.45, 2.75) is 19.1 Å². The van der Waals surface area contributed by atoms with Gasteiger partial charge in [0, 0.05) is 12.1 Å². The lowest BCUT2D eigenvalue weighted by atomic mass is 10.1. The van der Waals surface area contributed by atoms with Gasteiger partial charge in [-0.25, -0.2) is 4.98 Å². The Bertz CT molecular complexity index is 833. The Morgan fingerprint density at radius 1 is 1.16 bits per heavy atom. The van der Waals surface area contributed by atoms with Gasteiger partial charge in [-0.1, -0.05) is 30.3 Å². The van der Waals surface area contributed by atoms with Crippen molar-refractivity contribution in [1.29, 1.82) is 0 Å². The normalized spacial score (nSPS) is 11.9. The first kappa shape index (κ1) is 16.6. The van der Waals surface area contributed by atoms with Crippen LogP contribution in [0.2, 0.25) is 0 Å². The number of non-ortho nitro benzene ring substituents is 1. The molecular weight excluding hydrogens is 322 g/mol. The standard InChI is InChI=1S/C17H17N5O3/c18-15(10-12-4-2-1-3-5-12)17-19-16(20-21-17)11-25-14-8-6-13(7-9-14)22(23)24/h1-9,15H,10-11,18H2,(H,19,20,21). The lowest BCUT2D eigenvalue weighted by Gasteiger charge is -2.07. The van der Waals surface area contributed by atoms with Crippen molar-refractivity contribution < 1.29 is 9.66 Å². The van der Waals surface area contributed by atoms with Crippen molar-refractivity contribution in [2.24, 2.45) is 5.73 Å². The maximum Gasteiger partial charge on any atom is 0.269 e. The number of ether oxygens (including phenoxy) is 1. The molecule has 8 nitrogen and oxygen atoms in total. The summed E-state index contributed by atoms with van der Waals surface area (Å²) in [6, 6.07) is 15.4. The van der Waals surface area contributed by atoms with E-state index >= 15 is 0 Å². The van der Waals surface area contributed by atoms with Crippen molar-refractivity contribution in [1.82, 2.24) is 15.2 Å². The van der Waals surface area contributed by atoms with Crippen LogP contribution < -0.4 is 10.5 Å². The zero-order chi connectivity index (χ0) is 17.6. The minimum atomic E-state index is -0.458. The quantitative estimate of drug-likeness (QED) is 0.504. The predicted molar refractivity (Wildman–Crippen MR) is 90.9 cm³/mol. The lowest BCUT2D eigenvalue weighted by Crippen LogP contribution is -2.15. The van der Waals surface area contributed by atoms with E-state index in [0.29, 0.717) is 23.8 Å². The number of hydrogen-bond donors (Lipinski definition) is 2. The molecule has 0 radical (unpaired) electrons. The molecule has 3 aromatic rings. The maximum absolute atomic E-state index is 10.6. The van der Waals surface area contributed by atoms with Gasteiger partial charge < -0.3 is 10.5 Å². The number of hydrogen-bond acceptors (Lipinski definition) is 6. The van der Waals surface area contributed by atoms with Crippen LogP contribution in [0, 0.1) is 10.1 Å². The second-order valence-electron chi connectivity index (χ2n) is 5.48. The SMILES string of the molecule is NC(Cc1ccccc1)c1n[nH]c(COc2ccc([N+](=O)[O-])cc2)n1. The first-order chi connectivity index (χ1) is 12.1. The molecule has 1 aromatic heterocycles. The van der Waals surface area contributed by atoms with Crippen LogP contribution in [0.1, 0.15) is 23.3 Å². The summed E-state index contributed by atoms with van der Waals surface area (Å²) in [5.41, 5.74) is 7.27. The highest BCUT2D eigenvalue weighted by Gasteiger charge is 2.13. The van der Waals surface area contributed by atoms with E-state index in [4.69, 9.17) is 10.5 Å². The topological polar surface area (TPSA) is 120 Å². The van der Waals surface area contributed by atoms with Gasteiger partial charge in [0.1, 0.15) is 12.4 Å². The summed E-state index contributed by atoms with van der Waals surface area (Å²) in [5.74, 6) is 1.57. The molecule has 0 aliphatic carbocycles. The number of H-pyrrole nitrogens is 1. The van der Waals surface area contributed by atoms with Crippen LogP contribution in [0.15, 0.2) is 54.6 Å². The van der Waals surface area contributed by atoms with Gasteiger partial charge in [0.2, 0.25) is 0 Å². The van der Waals surface area contributed by atoms with Gasteiger partial charge in [-0.3, -0.25) is 15.2 Å². The van der Waals surface area contributed by atoms with Gasteiger partial charge in [0.25, 0.3) is 5.69 Å². The predicted octanol–water partition coefficient (Wildman–Crippen LogP) is 2.53. The molecule has 1 heterocycles. The molecule has 2 aromatic carbocycles. The summed E-state index contributed by atoms with van der Waals surface area (Å²) in [5, 5.41) is 17.5. The van der Waals surface area contributed by atoms with Crippen molar-refractivity contribution >= 4 is 5.69 Å². The average Bonchev–Trinajstić information content (AvgIpc) is 3.10. The van der Waals surface area contributed by atoms with E-state index in [-0.39, 0.29) is 18.3 Å². The minimum Gasteiger partial charge on any atom is -0.486 e. The molecule has 128 valence electrons. The van der Waals surface area contributed by atoms with E-state index in [0.717, 1.165) is 5.56 Å². The fourth-order valence-electron chi connectivity index (χ4n) is 2.32. The van der Waals surface area contributed by atoms with E-state index < -0.39 is 4.92 Å². The van der Waals surface area contributed by atoms with Gasteiger partial charge in [0.15, 0.2) is 11.6 Å². The summed E-state index contributed by atoms with van der Waals surface area (Å²) in [4.78, 5) is 14.5. The number of nitrogens with two attached hydrogens (primary N) is 1. The van der Waals surface area contributed by atoms with Gasteiger partial charge in [0.05, 0.1) is 11.0 Å². The van der Waals surface area contributed by atoms with E-state index in [1.54, 1.807) is 0 Å². The number of nitrogens with zero attached hydrogens (tertiary/aromatic N) is 3.